The Kier molecular flexibility index (Phi) is 3.73. The fourth-order valence-corrected chi connectivity index (χ4v) is 1.10. The van der Waals surface area contributed by atoms with Gasteiger partial charge in [-0.05, 0) is 12.8 Å². The van der Waals surface area contributed by atoms with Gasteiger partial charge in [0.2, 0.25) is 0 Å². The van der Waals surface area contributed by atoms with Gasteiger partial charge in [-0.25, -0.2) is 0 Å². The third-order valence-electron chi connectivity index (χ3n) is 1.78. The molecule has 0 bridgehead atoms. The molecule has 0 aliphatic heterocycles. The van der Waals surface area contributed by atoms with Crippen molar-refractivity contribution in [2.45, 2.75) is 39.0 Å². The summed E-state index contributed by atoms with van der Waals surface area (Å²) in [5.74, 6) is 0. The van der Waals surface area contributed by atoms with E-state index < -0.39 is 0 Å². The molecule has 11 heavy (non-hydrogen) atoms. The minimum Gasteiger partial charge on any atom is -0.365 e. The van der Waals surface area contributed by atoms with E-state index in [9.17, 15) is 0 Å². The van der Waals surface area contributed by atoms with Crippen LogP contribution in [0.4, 0.5) is 0 Å². The molecular weight excluding hydrogens is 138 g/mol. The van der Waals surface area contributed by atoms with Crippen molar-refractivity contribution >= 4 is 0 Å². The van der Waals surface area contributed by atoms with Crippen LogP contribution in [0.15, 0.2) is 16.9 Å². The molecule has 0 amide bonds. The quantitative estimate of drug-likeness (QED) is 0.608. The highest BCUT2D eigenvalue weighted by Crippen LogP contribution is 2.04. The maximum absolute atomic E-state index is 4.72. The topological polar surface area (TPSA) is 26.0 Å². The normalized spacial score (nSPS) is 10.3. The second kappa shape index (κ2) is 4.94. The van der Waals surface area contributed by atoms with Crippen LogP contribution in [-0.4, -0.2) is 5.16 Å². The zero-order valence-electron chi connectivity index (χ0n) is 7.05. The Labute approximate surface area is 67.6 Å². The second-order valence-electron chi connectivity index (χ2n) is 2.80. The van der Waals surface area contributed by atoms with Crippen molar-refractivity contribution in [2.75, 3.05) is 0 Å². The lowest BCUT2D eigenvalue weighted by Crippen LogP contribution is -1.84. The van der Waals surface area contributed by atoms with Crippen LogP contribution in [0.3, 0.4) is 0 Å². The van der Waals surface area contributed by atoms with Crippen molar-refractivity contribution in [3.05, 3.63) is 18.0 Å². The molecule has 0 radical (unpaired) electrons. The number of hydrogen-bond donors (Lipinski definition) is 0. The molecule has 0 aliphatic carbocycles. The van der Waals surface area contributed by atoms with Gasteiger partial charge in [-0.2, -0.15) is 0 Å². The molecule has 0 N–H and O–H groups in total. The fraction of sp³-hybridized carbons (Fsp3) is 0.667. The molecule has 0 aliphatic rings. The molecule has 0 atom stereocenters. The third-order valence-corrected chi connectivity index (χ3v) is 1.78. The first-order valence-electron chi connectivity index (χ1n) is 4.32. The van der Waals surface area contributed by atoms with E-state index in [-0.39, 0.29) is 0 Å². The molecule has 1 aromatic rings. The summed E-state index contributed by atoms with van der Waals surface area (Å²) in [5, 5.41) is 3.84. The summed E-state index contributed by atoms with van der Waals surface area (Å²) in [4.78, 5) is 0. The largest absolute Gasteiger partial charge is 0.365 e. The van der Waals surface area contributed by atoms with E-state index in [2.05, 4.69) is 12.1 Å². The average Bonchev–Trinajstić information content (AvgIpc) is 2.50. The monoisotopic (exact) mass is 153 g/mol. The van der Waals surface area contributed by atoms with E-state index in [1.54, 1.807) is 6.26 Å². The second-order valence-corrected chi connectivity index (χ2v) is 2.80. The Morgan fingerprint density at radius 2 is 2.27 bits per heavy atom. The standard InChI is InChI=1S/C9H15NO/c1-2-3-4-5-6-9-7-8-11-10-9/h7-8H,2-6H2,1H3. The molecule has 1 rings (SSSR count). The van der Waals surface area contributed by atoms with Gasteiger partial charge in [0.15, 0.2) is 0 Å². The minimum atomic E-state index is 1.07. The Hall–Kier alpha value is -0.790. The van der Waals surface area contributed by atoms with Gasteiger partial charge < -0.3 is 4.52 Å². The summed E-state index contributed by atoms with van der Waals surface area (Å²) in [5.41, 5.74) is 1.08. The molecule has 0 unspecified atom stereocenters. The van der Waals surface area contributed by atoms with E-state index in [0.717, 1.165) is 12.1 Å². The van der Waals surface area contributed by atoms with Crippen molar-refractivity contribution in [1.29, 1.82) is 0 Å². The maximum Gasteiger partial charge on any atom is 0.124 e. The van der Waals surface area contributed by atoms with E-state index in [1.165, 1.54) is 25.7 Å². The Morgan fingerprint density at radius 1 is 1.36 bits per heavy atom. The molecule has 0 fully saturated rings. The Morgan fingerprint density at radius 3 is 2.91 bits per heavy atom. The first kappa shape index (κ1) is 8.31. The third kappa shape index (κ3) is 3.21. The molecule has 2 nitrogen and oxygen atoms in total. The molecule has 62 valence electrons. The summed E-state index contributed by atoms with van der Waals surface area (Å²) < 4.78 is 4.72. The fourth-order valence-electron chi connectivity index (χ4n) is 1.10. The van der Waals surface area contributed by atoms with Crippen molar-refractivity contribution < 1.29 is 4.52 Å². The number of aromatic nitrogens is 1. The highest BCUT2D eigenvalue weighted by Gasteiger charge is 1.94. The molecule has 0 saturated carbocycles. The molecule has 0 spiro atoms. The van der Waals surface area contributed by atoms with Crippen molar-refractivity contribution in [3.8, 4) is 0 Å². The van der Waals surface area contributed by atoms with Gasteiger partial charge in [0.05, 0.1) is 5.69 Å². The number of unbranched alkanes of at least 4 members (excludes halogenated alkanes) is 3. The first-order valence-corrected chi connectivity index (χ1v) is 4.32. The highest BCUT2D eigenvalue weighted by atomic mass is 16.5. The van der Waals surface area contributed by atoms with Gasteiger partial charge in [-0.3, -0.25) is 0 Å². The zero-order chi connectivity index (χ0) is 7.94. The average molecular weight is 153 g/mol. The van der Waals surface area contributed by atoms with Crippen LogP contribution in [0, 0.1) is 0 Å². The highest BCUT2D eigenvalue weighted by molar-refractivity contribution is 4.94. The molecule has 1 heterocycles. The van der Waals surface area contributed by atoms with Gasteiger partial charge >= 0.3 is 0 Å². The first-order chi connectivity index (χ1) is 5.43. The van der Waals surface area contributed by atoms with Gasteiger partial charge in [0.1, 0.15) is 6.26 Å². The van der Waals surface area contributed by atoms with Crippen molar-refractivity contribution in [1.82, 2.24) is 5.16 Å². The van der Waals surface area contributed by atoms with Gasteiger partial charge in [-0.15, -0.1) is 0 Å². The van der Waals surface area contributed by atoms with E-state index >= 15 is 0 Å². The predicted molar refractivity (Wildman–Crippen MR) is 44.3 cm³/mol. The van der Waals surface area contributed by atoms with Gasteiger partial charge in [0.25, 0.3) is 0 Å². The van der Waals surface area contributed by atoms with Gasteiger partial charge in [-0.1, -0.05) is 31.3 Å². The van der Waals surface area contributed by atoms with Crippen molar-refractivity contribution in [3.63, 3.8) is 0 Å². The van der Waals surface area contributed by atoms with Crippen LogP contribution in [0.1, 0.15) is 38.3 Å². The van der Waals surface area contributed by atoms with Crippen LogP contribution < -0.4 is 0 Å². The zero-order valence-corrected chi connectivity index (χ0v) is 7.05. The number of nitrogens with zero attached hydrogens (tertiary/aromatic N) is 1. The lowest BCUT2D eigenvalue weighted by atomic mass is 10.1. The molecule has 0 saturated heterocycles. The van der Waals surface area contributed by atoms with E-state index in [4.69, 9.17) is 4.52 Å². The molecular formula is C9H15NO. The molecule has 2 heteroatoms. The number of rotatable bonds is 5. The van der Waals surface area contributed by atoms with Crippen LogP contribution >= 0.6 is 0 Å². The number of aryl methyl sites for hydroxylation is 1. The number of hydrogen-bond acceptors (Lipinski definition) is 2. The maximum atomic E-state index is 4.72. The summed E-state index contributed by atoms with van der Waals surface area (Å²) in [6, 6.07) is 1.94. The van der Waals surface area contributed by atoms with Crippen LogP contribution in [0.2, 0.25) is 0 Å². The molecule has 1 aromatic heterocycles. The summed E-state index contributed by atoms with van der Waals surface area (Å²) in [6.45, 7) is 2.22. The lowest BCUT2D eigenvalue weighted by Gasteiger charge is -1.94. The van der Waals surface area contributed by atoms with E-state index in [0.29, 0.717) is 0 Å². The summed E-state index contributed by atoms with van der Waals surface area (Å²) in [7, 11) is 0. The van der Waals surface area contributed by atoms with Crippen molar-refractivity contribution in [2.24, 2.45) is 0 Å². The summed E-state index contributed by atoms with van der Waals surface area (Å²) in [6.07, 6.45) is 7.87. The minimum absolute atomic E-state index is 1.07. The van der Waals surface area contributed by atoms with Gasteiger partial charge in [0, 0.05) is 6.07 Å². The van der Waals surface area contributed by atoms with Crippen LogP contribution in [-0.2, 0) is 6.42 Å². The Bertz CT molecular complexity index is 170. The lowest BCUT2D eigenvalue weighted by molar-refractivity contribution is 0.410. The summed E-state index contributed by atoms with van der Waals surface area (Å²) >= 11 is 0. The van der Waals surface area contributed by atoms with Crippen LogP contribution in [0.5, 0.6) is 0 Å². The van der Waals surface area contributed by atoms with Crippen LogP contribution in [0.25, 0.3) is 0 Å². The Balaban J connectivity index is 2.04. The van der Waals surface area contributed by atoms with E-state index in [1.807, 2.05) is 6.07 Å². The SMILES string of the molecule is CCCCCCc1ccon1. The smallest absolute Gasteiger partial charge is 0.124 e. The predicted octanol–water partition coefficient (Wildman–Crippen LogP) is 2.80. The molecule has 0 aromatic carbocycles.